The van der Waals surface area contributed by atoms with Crippen molar-refractivity contribution >= 4 is 11.9 Å². The summed E-state index contributed by atoms with van der Waals surface area (Å²) in [6, 6.07) is 18.2. The third kappa shape index (κ3) is 6.95. The Hall–Kier alpha value is -3.13. The lowest BCUT2D eigenvalue weighted by atomic mass is 10.0. The summed E-state index contributed by atoms with van der Waals surface area (Å²) in [5.41, 5.74) is 2.44. The Morgan fingerprint density at radius 2 is 1.74 bits per heavy atom. The average Bonchev–Trinajstić information content (AvgIpc) is 2.66. The van der Waals surface area contributed by atoms with Crippen LogP contribution in [0.1, 0.15) is 49.4 Å². The number of benzene rings is 2. The Morgan fingerprint density at radius 1 is 1.07 bits per heavy atom. The van der Waals surface area contributed by atoms with Crippen LogP contribution in [0.4, 0.5) is 0 Å². The van der Waals surface area contributed by atoms with E-state index >= 15 is 0 Å². The predicted octanol–water partition coefficient (Wildman–Crippen LogP) is 3.69. The van der Waals surface area contributed by atoms with E-state index in [1.807, 2.05) is 42.5 Å². The number of nitriles is 1. The van der Waals surface area contributed by atoms with Gasteiger partial charge in [-0.25, -0.2) is 0 Å². The third-order valence-corrected chi connectivity index (χ3v) is 4.00. The van der Waals surface area contributed by atoms with Gasteiger partial charge in [-0.3, -0.25) is 9.59 Å². The van der Waals surface area contributed by atoms with Crippen LogP contribution in [0.5, 0.6) is 0 Å². The molecule has 1 atom stereocenters. The van der Waals surface area contributed by atoms with Gasteiger partial charge in [0.1, 0.15) is 0 Å². The van der Waals surface area contributed by atoms with Gasteiger partial charge in [0, 0.05) is 6.42 Å². The number of hydrogen-bond acceptors (Lipinski definition) is 4. The van der Waals surface area contributed by atoms with Crippen LogP contribution in [-0.2, 0) is 20.7 Å². The van der Waals surface area contributed by atoms with Gasteiger partial charge in [-0.05, 0) is 43.5 Å². The zero-order valence-corrected chi connectivity index (χ0v) is 15.6. The fourth-order valence-corrected chi connectivity index (χ4v) is 2.69. The smallest absolute Gasteiger partial charge is 0.308 e. The molecule has 2 aromatic rings. The van der Waals surface area contributed by atoms with Gasteiger partial charge in [0.15, 0.2) is 0 Å². The second-order valence-corrected chi connectivity index (χ2v) is 6.58. The number of rotatable bonds is 8. The quantitative estimate of drug-likeness (QED) is 0.725. The normalized spacial score (nSPS) is 11.5. The van der Waals surface area contributed by atoms with Crippen molar-refractivity contribution in [2.45, 2.75) is 45.3 Å². The molecule has 0 fully saturated rings. The molecule has 0 saturated carbocycles. The lowest BCUT2D eigenvalue weighted by molar-refractivity contribution is -0.148. The maximum absolute atomic E-state index is 12.4. The molecule has 5 heteroatoms. The van der Waals surface area contributed by atoms with Crippen LogP contribution in [0, 0.1) is 11.3 Å². The number of amides is 1. The van der Waals surface area contributed by atoms with E-state index in [4.69, 9.17) is 10.00 Å². The molecule has 1 unspecified atom stereocenters. The number of esters is 1. The molecule has 0 aliphatic carbocycles. The average molecular weight is 364 g/mol. The van der Waals surface area contributed by atoms with Gasteiger partial charge in [-0.15, -0.1) is 0 Å². The lowest BCUT2D eigenvalue weighted by Gasteiger charge is -2.19. The molecule has 140 valence electrons. The molecule has 1 amide bonds. The van der Waals surface area contributed by atoms with Crippen LogP contribution in [0.3, 0.4) is 0 Å². The third-order valence-electron chi connectivity index (χ3n) is 4.00. The topological polar surface area (TPSA) is 79.2 Å². The van der Waals surface area contributed by atoms with E-state index in [9.17, 15) is 9.59 Å². The molecular formula is C22H24N2O3. The van der Waals surface area contributed by atoms with Gasteiger partial charge < -0.3 is 10.1 Å². The number of nitrogens with one attached hydrogen (secondary N) is 1. The molecule has 27 heavy (non-hydrogen) atoms. The van der Waals surface area contributed by atoms with Crippen LogP contribution in [0.15, 0.2) is 54.6 Å². The Labute approximate surface area is 160 Å². The molecule has 1 N–H and O–H groups in total. The monoisotopic (exact) mass is 364 g/mol. The highest BCUT2D eigenvalue weighted by molar-refractivity contribution is 5.78. The van der Waals surface area contributed by atoms with Crippen LogP contribution in [-0.4, -0.2) is 18.0 Å². The largest absolute Gasteiger partial charge is 0.463 e. The van der Waals surface area contributed by atoms with Crippen LogP contribution < -0.4 is 5.32 Å². The number of hydrogen-bond donors (Lipinski definition) is 1. The Balaban J connectivity index is 1.97. The minimum atomic E-state index is -0.425. The van der Waals surface area contributed by atoms with Crippen molar-refractivity contribution in [3.8, 4) is 6.07 Å². The summed E-state index contributed by atoms with van der Waals surface area (Å²) in [4.78, 5) is 24.5. The second-order valence-electron chi connectivity index (χ2n) is 6.58. The van der Waals surface area contributed by atoms with Gasteiger partial charge in [-0.1, -0.05) is 42.5 Å². The molecule has 0 aromatic heterocycles. The number of carbonyl (C=O) groups is 2. The Kier molecular flexibility index (Phi) is 7.57. The van der Waals surface area contributed by atoms with Gasteiger partial charge in [0.2, 0.25) is 5.91 Å². The zero-order chi connectivity index (χ0) is 19.6. The van der Waals surface area contributed by atoms with Crippen molar-refractivity contribution in [3.05, 3.63) is 71.3 Å². The number of nitrogens with zero attached hydrogens (tertiary/aromatic N) is 1. The van der Waals surface area contributed by atoms with E-state index < -0.39 is 6.04 Å². The number of aryl methyl sites for hydroxylation is 1. The Morgan fingerprint density at radius 3 is 2.33 bits per heavy atom. The van der Waals surface area contributed by atoms with Crippen LogP contribution in [0.25, 0.3) is 0 Å². The minimum Gasteiger partial charge on any atom is -0.463 e. The maximum Gasteiger partial charge on any atom is 0.308 e. The SMILES string of the molecule is CC(C)OC(=O)CC(NC(=O)CCc1ccc(C#N)cc1)c1ccccc1. The second kappa shape index (κ2) is 10.1. The van der Waals surface area contributed by atoms with Crippen molar-refractivity contribution in [2.24, 2.45) is 0 Å². The fourth-order valence-electron chi connectivity index (χ4n) is 2.69. The summed E-state index contributed by atoms with van der Waals surface area (Å²) in [5.74, 6) is -0.475. The first-order chi connectivity index (χ1) is 13.0. The molecule has 0 saturated heterocycles. The molecular weight excluding hydrogens is 340 g/mol. The van der Waals surface area contributed by atoms with Crippen LogP contribution in [0.2, 0.25) is 0 Å². The molecule has 5 nitrogen and oxygen atoms in total. The van der Waals surface area contributed by atoms with Gasteiger partial charge in [0.05, 0.1) is 30.2 Å². The van der Waals surface area contributed by atoms with Gasteiger partial charge in [0.25, 0.3) is 0 Å². The number of carbonyl (C=O) groups excluding carboxylic acids is 2. The lowest BCUT2D eigenvalue weighted by Crippen LogP contribution is -2.31. The van der Waals surface area contributed by atoms with E-state index in [1.54, 1.807) is 26.0 Å². The minimum absolute atomic E-state index is 0.0881. The highest BCUT2D eigenvalue weighted by atomic mass is 16.5. The summed E-state index contributed by atoms with van der Waals surface area (Å²) in [7, 11) is 0. The fraction of sp³-hybridized carbons (Fsp3) is 0.318. The van der Waals surface area contributed by atoms with E-state index in [0.717, 1.165) is 11.1 Å². The van der Waals surface area contributed by atoms with E-state index in [-0.39, 0.29) is 24.4 Å². The molecule has 2 rings (SSSR count). The van der Waals surface area contributed by atoms with Crippen molar-refractivity contribution in [2.75, 3.05) is 0 Å². The standard InChI is InChI=1S/C22H24N2O3/c1-16(2)27-22(26)14-20(19-6-4-3-5-7-19)24-21(25)13-12-17-8-10-18(15-23)11-9-17/h3-11,16,20H,12-14H2,1-2H3,(H,24,25). The molecule has 0 heterocycles. The highest BCUT2D eigenvalue weighted by Crippen LogP contribution is 2.18. The summed E-state index contributed by atoms with van der Waals surface area (Å²) in [6.45, 7) is 3.59. The first-order valence-corrected chi connectivity index (χ1v) is 9.00. The Bertz CT molecular complexity index is 793. The van der Waals surface area contributed by atoms with E-state index in [0.29, 0.717) is 18.4 Å². The zero-order valence-electron chi connectivity index (χ0n) is 15.6. The van der Waals surface area contributed by atoms with Crippen molar-refractivity contribution in [3.63, 3.8) is 0 Å². The van der Waals surface area contributed by atoms with Crippen LogP contribution >= 0.6 is 0 Å². The van der Waals surface area contributed by atoms with Crippen molar-refractivity contribution < 1.29 is 14.3 Å². The first kappa shape index (κ1) is 20.2. The van der Waals surface area contributed by atoms with Crippen molar-refractivity contribution in [1.29, 1.82) is 5.26 Å². The van der Waals surface area contributed by atoms with Crippen molar-refractivity contribution in [1.82, 2.24) is 5.32 Å². The van der Waals surface area contributed by atoms with E-state index in [2.05, 4.69) is 11.4 Å². The highest BCUT2D eigenvalue weighted by Gasteiger charge is 2.19. The summed E-state index contributed by atoms with van der Waals surface area (Å²) in [5, 5.41) is 11.8. The molecule has 0 aliphatic heterocycles. The summed E-state index contributed by atoms with van der Waals surface area (Å²) >= 11 is 0. The molecule has 0 radical (unpaired) electrons. The van der Waals surface area contributed by atoms with Gasteiger partial charge >= 0.3 is 5.97 Å². The molecule has 0 aliphatic rings. The van der Waals surface area contributed by atoms with E-state index in [1.165, 1.54) is 0 Å². The predicted molar refractivity (Wildman–Crippen MR) is 103 cm³/mol. The molecule has 0 spiro atoms. The summed E-state index contributed by atoms with van der Waals surface area (Å²) in [6.07, 6.45) is 0.760. The molecule has 0 bridgehead atoms. The maximum atomic E-state index is 12.4. The molecule has 2 aromatic carbocycles. The van der Waals surface area contributed by atoms with Gasteiger partial charge in [-0.2, -0.15) is 5.26 Å². The number of ether oxygens (including phenoxy) is 1. The summed E-state index contributed by atoms with van der Waals surface area (Å²) < 4.78 is 5.22. The first-order valence-electron chi connectivity index (χ1n) is 9.00.